The fourth-order valence-corrected chi connectivity index (χ4v) is 6.48. The maximum Gasteiger partial charge on any atom is 0.247 e. The number of nitrogens with zero attached hydrogens (tertiary/aromatic N) is 1. The van der Waals surface area contributed by atoms with Gasteiger partial charge in [0.1, 0.15) is 18.0 Å². The van der Waals surface area contributed by atoms with Gasteiger partial charge < -0.3 is 25.2 Å². The molecule has 7 nitrogen and oxygen atoms in total. The van der Waals surface area contributed by atoms with E-state index < -0.39 is 18.2 Å². The third kappa shape index (κ3) is 6.61. The van der Waals surface area contributed by atoms with Gasteiger partial charge in [0.15, 0.2) is 0 Å². The molecule has 2 saturated carbocycles. The third-order valence-corrected chi connectivity index (χ3v) is 8.74. The molecule has 0 saturated heterocycles. The fraction of sp³-hybridized carbons (Fsp3) is 0.643. The van der Waals surface area contributed by atoms with E-state index in [0.29, 0.717) is 11.3 Å². The number of para-hydroxylation sites is 1. The number of benzene rings is 1. The molecule has 4 rings (SSSR count). The Kier molecular flexibility index (Phi) is 10.1. The first-order valence-corrected chi connectivity index (χ1v) is 14.6. The van der Waals surface area contributed by atoms with Crippen molar-refractivity contribution in [1.29, 1.82) is 0 Å². The summed E-state index contributed by atoms with van der Waals surface area (Å²) in [5.74, 6) is 0.477. The highest BCUT2D eigenvalue weighted by Gasteiger charge is 2.44. The summed E-state index contributed by atoms with van der Waals surface area (Å²) in [6.45, 7) is 0.000419. The molecule has 8 heteroatoms. The fourth-order valence-electron chi connectivity index (χ4n) is 5.97. The zero-order valence-corrected chi connectivity index (χ0v) is 23.1. The molecule has 0 radical (unpaired) electrons. The Hall–Kier alpha value is -1.65. The number of carbonyl (C=O) groups is 2. The van der Waals surface area contributed by atoms with E-state index in [1.807, 2.05) is 29.2 Å². The molecule has 3 N–H and O–H groups in total. The van der Waals surface area contributed by atoms with E-state index in [1.54, 1.807) is 6.08 Å². The number of amides is 2. The summed E-state index contributed by atoms with van der Waals surface area (Å²) < 4.78 is 7.19. The minimum Gasteiger partial charge on any atom is -0.482 e. The second-order valence-electron chi connectivity index (χ2n) is 10.3. The highest BCUT2D eigenvalue weighted by atomic mass is 127. The summed E-state index contributed by atoms with van der Waals surface area (Å²) in [6.07, 6.45) is 10.5. The number of aliphatic hydroxyl groups excluding tert-OH is 2. The lowest BCUT2D eigenvalue weighted by molar-refractivity contribution is -0.146. The van der Waals surface area contributed by atoms with Gasteiger partial charge in [0.25, 0.3) is 0 Å². The van der Waals surface area contributed by atoms with Crippen molar-refractivity contribution in [3.63, 3.8) is 0 Å². The van der Waals surface area contributed by atoms with Crippen LogP contribution in [0, 0.1) is 9.49 Å². The molecule has 0 bridgehead atoms. The van der Waals surface area contributed by atoms with Gasteiger partial charge in [0.05, 0.1) is 16.2 Å². The lowest BCUT2D eigenvalue weighted by Gasteiger charge is -2.45. The van der Waals surface area contributed by atoms with Gasteiger partial charge in [-0.25, -0.2) is 0 Å². The normalized spacial score (nSPS) is 25.6. The maximum atomic E-state index is 14.0. The summed E-state index contributed by atoms with van der Waals surface area (Å²) in [6, 6.07) is 7.12. The van der Waals surface area contributed by atoms with Gasteiger partial charge in [-0.05, 0) is 66.5 Å². The van der Waals surface area contributed by atoms with Crippen molar-refractivity contribution in [3.8, 4) is 5.75 Å². The molecule has 1 aromatic carbocycles. The molecule has 0 unspecified atom stereocenters. The van der Waals surface area contributed by atoms with E-state index in [0.717, 1.165) is 54.9 Å². The minimum absolute atomic E-state index is 0.00698. The predicted octanol–water partition coefficient (Wildman–Crippen LogP) is 3.95. The summed E-state index contributed by atoms with van der Waals surface area (Å²) in [5.41, 5.74) is 0.493. The smallest absolute Gasteiger partial charge is 0.247 e. The number of ether oxygens (including phenoxy) is 1. The van der Waals surface area contributed by atoms with Crippen molar-refractivity contribution in [3.05, 3.63) is 39.5 Å². The molecule has 0 aromatic heterocycles. The summed E-state index contributed by atoms with van der Waals surface area (Å²) in [7, 11) is 0. The molecule has 36 heavy (non-hydrogen) atoms. The number of rotatable bonds is 8. The van der Waals surface area contributed by atoms with Crippen molar-refractivity contribution in [2.75, 3.05) is 13.2 Å². The van der Waals surface area contributed by atoms with Gasteiger partial charge >= 0.3 is 0 Å². The molecule has 3 aliphatic rings. The number of nitrogens with one attached hydrogen (secondary N) is 1. The first-order chi connectivity index (χ1) is 17.5. The van der Waals surface area contributed by atoms with Crippen LogP contribution in [0.2, 0.25) is 0 Å². The second kappa shape index (κ2) is 13.2. The van der Waals surface area contributed by atoms with Crippen LogP contribution in [0.5, 0.6) is 5.75 Å². The number of halogens is 1. The number of hydrogen-bond donors (Lipinski definition) is 3. The van der Waals surface area contributed by atoms with Crippen molar-refractivity contribution >= 4 is 34.4 Å². The average Bonchev–Trinajstić information content (AvgIpc) is 3.30. The largest absolute Gasteiger partial charge is 0.482 e. The molecule has 198 valence electrons. The Morgan fingerprint density at radius 1 is 1.03 bits per heavy atom. The topological polar surface area (TPSA) is 99.1 Å². The van der Waals surface area contributed by atoms with Crippen LogP contribution in [-0.2, 0) is 9.59 Å². The Morgan fingerprint density at radius 2 is 1.69 bits per heavy atom. The molecule has 3 atom stereocenters. The lowest BCUT2D eigenvalue weighted by atomic mass is 9.85. The Bertz CT molecular complexity index is 924. The van der Waals surface area contributed by atoms with Crippen LogP contribution in [0.3, 0.4) is 0 Å². The van der Waals surface area contributed by atoms with Crippen molar-refractivity contribution in [2.24, 2.45) is 5.92 Å². The highest BCUT2D eigenvalue weighted by Crippen LogP contribution is 2.36. The molecule has 0 heterocycles. The molecule has 1 aromatic rings. The zero-order chi connectivity index (χ0) is 25.5. The highest BCUT2D eigenvalue weighted by molar-refractivity contribution is 14.1. The lowest BCUT2D eigenvalue weighted by Crippen LogP contribution is -2.59. The van der Waals surface area contributed by atoms with Crippen molar-refractivity contribution in [2.45, 2.75) is 94.9 Å². The maximum absolute atomic E-state index is 14.0. The van der Waals surface area contributed by atoms with Gasteiger partial charge in [-0.2, -0.15) is 0 Å². The minimum atomic E-state index is -0.955. The molecular weight excluding hydrogens is 571 g/mol. The predicted molar refractivity (Wildman–Crippen MR) is 146 cm³/mol. The molecule has 0 aliphatic heterocycles. The summed E-state index contributed by atoms with van der Waals surface area (Å²) in [5, 5.41) is 23.6. The van der Waals surface area contributed by atoms with E-state index in [9.17, 15) is 19.8 Å². The molecular formula is C28H39IN2O5. The van der Waals surface area contributed by atoms with Crippen LogP contribution < -0.4 is 10.1 Å². The van der Waals surface area contributed by atoms with Crippen molar-refractivity contribution < 1.29 is 24.5 Å². The summed E-state index contributed by atoms with van der Waals surface area (Å²) in [4.78, 5) is 29.0. The number of hydrogen-bond acceptors (Lipinski definition) is 5. The van der Waals surface area contributed by atoms with Crippen LogP contribution in [0.4, 0.5) is 0 Å². The summed E-state index contributed by atoms with van der Waals surface area (Å²) >= 11 is 2.20. The van der Waals surface area contributed by atoms with Crippen LogP contribution in [0.15, 0.2) is 35.9 Å². The van der Waals surface area contributed by atoms with Gasteiger partial charge in [0, 0.05) is 30.5 Å². The van der Waals surface area contributed by atoms with Crippen LogP contribution in [0.1, 0.15) is 70.6 Å². The standard InChI is InChI=1S/C28H39IN2O5/c29-22-13-7-8-14-24(22)36-25-18-20(27(34)30-15-16-32)17-23(26(25)33)31(21-11-3-1-2-4-12-21)28(35)19-9-5-6-10-19/h7-8,13-14,18-19,21,23,25-26,32-33H,1-6,9-12,15-17H2,(H,30,34)/t23-,25+,26+/m1/s1. The molecule has 0 spiro atoms. The zero-order valence-electron chi connectivity index (χ0n) is 20.9. The van der Waals surface area contributed by atoms with Gasteiger partial charge in [-0.3, -0.25) is 9.59 Å². The van der Waals surface area contributed by atoms with E-state index >= 15 is 0 Å². The van der Waals surface area contributed by atoms with E-state index in [4.69, 9.17) is 4.74 Å². The third-order valence-electron chi connectivity index (χ3n) is 7.85. The van der Waals surface area contributed by atoms with E-state index in [1.165, 1.54) is 12.8 Å². The Morgan fingerprint density at radius 3 is 2.36 bits per heavy atom. The Labute approximate surface area is 227 Å². The van der Waals surface area contributed by atoms with Crippen LogP contribution >= 0.6 is 22.6 Å². The van der Waals surface area contributed by atoms with Gasteiger partial charge in [-0.15, -0.1) is 0 Å². The van der Waals surface area contributed by atoms with E-state index in [2.05, 4.69) is 27.9 Å². The van der Waals surface area contributed by atoms with Crippen LogP contribution in [-0.4, -0.2) is 64.4 Å². The first kappa shape index (κ1) is 27.4. The molecule has 2 fully saturated rings. The molecule has 2 amide bonds. The van der Waals surface area contributed by atoms with Crippen molar-refractivity contribution in [1.82, 2.24) is 10.2 Å². The second-order valence-corrected chi connectivity index (χ2v) is 11.5. The molecule has 3 aliphatic carbocycles. The number of aliphatic hydroxyl groups is 2. The SMILES string of the molecule is O=C(NCCO)C1=C[C@H](Oc2ccccc2I)[C@@H](O)[C@H](N(C(=O)C2CCCC2)C2CCCCCC2)C1. The van der Waals surface area contributed by atoms with E-state index in [-0.39, 0.29) is 43.3 Å². The first-order valence-electron chi connectivity index (χ1n) is 13.5. The van der Waals surface area contributed by atoms with Crippen LogP contribution in [0.25, 0.3) is 0 Å². The van der Waals surface area contributed by atoms with Gasteiger partial charge in [0.2, 0.25) is 11.8 Å². The van der Waals surface area contributed by atoms with Gasteiger partial charge in [-0.1, -0.05) is 50.7 Å². The average molecular weight is 611 g/mol. The Balaban J connectivity index is 1.67. The quantitative estimate of drug-likeness (QED) is 0.306. The monoisotopic (exact) mass is 610 g/mol. The number of carbonyl (C=O) groups excluding carboxylic acids is 2.